The van der Waals surface area contributed by atoms with Crippen LogP contribution >= 0.6 is 46.4 Å². The maximum absolute atomic E-state index is 14.3. The number of carbonyl (C=O) groups is 3. The summed E-state index contributed by atoms with van der Waals surface area (Å²) in [5.41, 5.74) is -0.847. The summed E-state index contributed by atoms with van der Waals surface area (Å²) >= 11 is 21.6. The molecule has 0 aromatic carbocycles. The fourth-order valence-corrected chi connectivity index (χ4v) is 2.03. The van der Waals surface area contributed by atoms with Crippen molar-refractivity contribution >= 4 is 70.0 Å². The van der Waals surface area contributed by atoms with Crippen LogP contribution in [0.5, 0.6) is 0 Å². The molecule has 0 fully saturated rings. The van der Waals surface area contributed by atoms with Crippen LogP contribution in [-0.4, -0.2) is 33.3 Å². The van der Waals surface area contributed by atoms with Gasteiger partial charge in [-0.25, -0.2) is 19.0 Å². The summed E-state index contributed by atoms with van der Waals surface area (Å²) in [4.78, 5) is 39.2. The SMILES string of the molecule is CCOC(=O)c1c(CC)nc(Cl)c(F)c1NC(=O)NC(=O)C(Cl)(Cl)Cl. The third kappa shape index (κ3) is 5.57. The summed E-state index contributed by atoms with van der Waals surface area (Å²) in [5, 5.41) is 3.10. The smallest absolute Gasteiger partial charge is 0.342 e. The highest BCUT2D eigenvalue weighted by molar-refractivity contribution is 6.76. The Labute approximate surface area is 162 Å². The summed E-state index contributed by atoms with van der Waals surface area (Å²) in [7, 11) is 0. The normalized spacial score (nSPS) is 11.0. The lowest BCUT2D eigenvalue weighted by Crippen LogP contribution is -2.41. The van der Waals surface area contributed by atoms with E-state index in [1.54, 1.807) is 19.2 Å². The van der Waals surface area contributed by atoms with Gasteiger partial charge in [-0.15, -0.1) is 0 Å². The molecule has 7 nitrogen and oxygen atoms in total. The molecule has 2 N–H and O–H groups in total. The first-order chi connectivity index (χ1) is 11.5. The molecule has 0 atom stereocenters. The predicted octanol–water partition coefficient (Wildman–Crippen LogP) is 3.63. The number of halogens is 5. The number of rotatable bonds is 4. The number of aryl methyl sites for hydroxylation is 1. The number of pyridine rings is 1. The summed E-state index contributed by atoms with van der Waals surface area (Å²) in [6.45, 7) is 3.18. The molecule has 0 aliphatic heterocycles. The Balaban J connectivity index is 3.28. The van der Waals surface area contributed by atoms with Crippen LogP contribution in [0.2, 0.25) is 5.15 Å². The average molecular weight is 435 g/mol. The van der Waals surface area contributed by atoms with Gasteiger partial charge in [0.2, 0.25) is 0 Å². The van der Waals surface area contributed by atoms with E-state index in [0.29, 0.717) is 0 Å². The van der Waals surface area contributed by atoms with Gasteiger partial charge in [-0.05, 0) is 13.3 Å². The van der Waals surface area contributed by atoms with Crippen molar-refractivity contribution < 1.29 is 23.5 Å². The second-order valence-electron chi connectivity index (χ2n) is 4.39. The first kappa shape index (κ1) is 21.7. The number of anilines is 1. The third-order valence-corrected chi connectivity index (χ3v) is 3.48. The van der Waals surface area contributed by atoms with Crippen molar-refractivity contribution in [3.63, 3.8) is 0 Å². The number of esters is 1. The van der Waals surface area contributed by atoms with Gasteiger partial charge < -0.3 is 10.1 Å². The van der Waals surface area contributed by atoms with Gasteiger partial charge >= 0.3 is 12.0 Å². The average Bonchev–Trinajstić information content (AvgIpc) is 2.50. The maximum Gasteiger partial charge on any atom is 0.342 e. The van der Waals surface area contributed by atoms with Gasteiger partial charge in [0.25, 0.3) is 9.70 Å². The first-order valence-electron chi connectivity index (χ1n) is 6.77. The Morgan fingerprint density at radius 3 is 2.32 bits per heavy atom. The molecule has 0 aliphatic carbocycles. The topological polar surface area (TPSA) is 97.4 Å². The Kier molecular flexibility index (Phi) is 7.67. The highest BCUT2D eigenvalue weighted by atomic mass is 35.6. The second kappa shape index (κ2) is 8.84. The largest absolute Gasteiger partial charge is 0.462 e. The quantitative estimate of drug-likeness (QED) is 0.428. The standard InChI is InChI=1S/C13H12Cl4FN3O4/c1-3-5-6(10(22)25-4-2)8(7(18)9(14)19-5)20-12(24)21-11(23)13(15,16)17/h3-4H2,1-2H3,(H2,19,20,21,23,24). The van der Waals surface area contributed by atoms with Crippen molar-refractivity contribution in [1.29, 1.82) is 0 Å². The molecule has 138 valence electrons. The van der Waals surface area contributed by atoms with E-state index in [2.05, 4.69) is 4.98 Å². The van der Waals surface area contributed by atoms with E-state index < -0.39 is 38.4 Å². The van der Waals surface area contributed by atoms with Crippen LogP contribution in [0.3, 0.4) is 0 Å². The number of alkyl halides is 3. The number of imide groups is 1. The van der Waals surface area contributed by atoms with Crippen LogP contribution in [0.15, 0.2) is 0 Å². The molecule has 0 saturated heterocycles. The molecule has 0 aliphatic rings. The van der Waals surface area contributed by atoms with Crippen LogP contribution in [0.4, 0.5) is 14.9 Å². The van der Waals surface area contributed by atoms with E-state index in [0.717, 1.165) is 0 Å². The summed E-state index contributed by atoms with van der Waals surface area (Å²) in [6.07, 6.45) is 0.192. The molecule has 0 radical (unpaired) electrons. The van der Waals surface area contributed by atoms with Gasteiger partial charge in [-0.1, -0.05) is 53.3 Å². The van der Waals surface area contributed by atoms with Crippen LogP contribution in [0, 0.1) is 5.82 Å². The molecule has 1 aromatic heterocycles. The number of carbonyl (C=O) groups excluding carboxylic acids is 3. The highest BCUT2D eigenvalue weighted by Gasteiger charge is 2.33. The zero-order valence-electron chi connectivity index (χ0n) is 12.9. The maximum atomic E-state index is 14.3. The van der Waals surface area contributed by atoms with E-state index in [1.165, 1.54) is 0 Å². The predicted molar refractivity (Wildman–Crippen MR) is 92.0 cm³/mol. The van der Waals surface area contributed by atoms with Gasteiger partial charge in [0.15, 0.2) is 11.0 Å². The highest BCUT2D eigenvalue weighted by Crippen LogP contribution is 2.29. The van der Waals surface area contributed by atoms with Crippen molar-refractivity contribution in [3.8, 4) is 0 Å². The van der Waals surface area contributed by atoms with E-state index >= 15 is 0 Å². The number of nitrogens with one attached hydrogen (secondary N) is 2. The van der Waals surface area contributed by atoms with Gasteiger partial charge in [-0.2, -0.15) is 0 Å². The van der Waals surface area contributed by atoms with E-state index in [4.69, 9.17) is 51.1 Å². The number of nitrogens with zero attached hydrogens (tertiary/aromatic N) is 1. The molecule has 25 heavy (non-hydrogen) atoms. The summed E-state index contributed by atoms with van der Waals surface area (Å²) in [6, 6.07) is -1.25. The van der Waals surface area contributed by atoms with Crippen LogP contribution in [0.25, 0.3) is 0 Å². The number of aromatic nitrogens is 1. The Hall–Kier alpha value is -1.35. The molecule has 0 spiro atoms. The summed E-state index contributed by atoms with van der Waals surface area (Å²) < 4.78 is 16.7. The van der Waals surface area contributed by atoms with Crippen LogP contribution < -0.4 is 10.6 Å². The number of hydrogen-bond donors (Lipinski definition) is 2. The zero-order valence-corrected chi connectivity index (χ0v) is 15.9. The third-order valence-electron chi connectivity index (χ3n) is 2.71. The molecular weight excluding hydrogens is 423 g/mol. The molecular formula is C13H12Cl4FN3O4. The van der Waals surface area contributed by atoms with Crippen molar-refractivity contribution in [1.82, 2.24) is 10.3 Å². The molecule has 12 heteroatoms. The molecule has 0 bridgehead atoms. The van der Waals surface area contributed by atoms with Crippen molar-refractivity contribution in [2.75, 3.05) is 11.9 Å². The minimum atomic E-state index is -2.41. The number of hydrogen-bond acceptors (Lipinski definition) is 5. The van der Waals surface area contributed by atoms with Gasteiger partial charge in [0.1, 0.15) is 5.56 Å². The van der Waals surface area contributed by atoms with Gasteiger partial charge in [-0.3, -0.25) is 10.1 Å². The minimum absolute atomic E-state index is 0.00359. The first-order valence-corrected chi connectivity index (χ1v) is 8.28. The Bertz CT molecular complexity index is 709. The molecule has 1 heterocycles. The van der Waals surface area contributed by atoms with E-state index in [1.807, 2.05) is 5.32 Å². The Morgan fingerprint density at radius 2 is 1.84 bits per heavy atom. The fraction of sp³-hybridized carbons (Fsp3) is 0.385. The van der Waals surface area contributed by atoms with Crippen molar-refractivity contribution in [3.05, 3.63) is 22.2 Å². The number of amides is 3. The lowest BCUT2D eigenvalue weighted by molar-refractivity contribution is -0.119. The summed E-state index contributed by atoms with van der Waals surface area (Å²) in [5.74, 6) is -3.38. The molecule has 0 unspecified atom stereocenters. The molecule has 3 amide bonds. The monoisotopic (exact) mass is 433 g/mol. The van der Waals surface area contributed by atoms with E-state index in [-0.39, 0.29) is 24.3 Å². The van der Waals surface area contributed by atoms with Gasteiger partial charge in [0, 0.05) is 0 Å². The lowest BCUT2D eigenvalue weighted by atomic mass is 10.1. The second-order valence-corrected chi connectivity index (χ2v) is 7.03. The minimum Gasteiger partial charge on any atom is -0.462 e. The van der Waals surface area contributed by atoms with Crippen LogP contribution in [0.1, 0.15) is 29.9 Å². The van der Waals surface area contributed by atoms with Crippen molar-refractivity contribution in [2.24, 2.45) is 0 Å². The fourth-order valence-electron chi connectivity index (χ4n) is 1.70. The number of urea groups is 1. The van der Waals surface area contributed by atoms with Crippen LogP contribution in [-0.2, 0) is 16.0 Å². The zero-order chi connectivity index (χ0) is 19.4. The lowest BCUT2D eigenvalue weighted by Gasteiger charge is -2.16. The molecule has 0 saturated carbocycles. The van der Waals surface area contributed by atoms with E-state index in [9.17, 15) is 18.8 Å². The molecule has 1 rings (SSSR count). The number of ether oxygens (including phenoxy) is 1. The van der Waals surface area contributed by atoms with Gasteiger partial charge in [0.05, 0.1) is 18.0 Å². The van der Waals surface area contributed by atoms with Crippen molar-refractivity contribution in [2.45, 2.75) is 24.1 Å². The molecule has 1 aromatic rings. The Morgan fingerprint density at radius 1 is 1.24 bits per heavy atom.